The average Bonchev–Trinajstić information content (AvgIpc) is 2.97. The van der Waals surface area contributed by atoms with Gasteiger partial charge >= 0.3 is 20.1 Å². The molecule has 0 saturated heterocycles. The summed E-state index contributed by atoms with van der Waals surface area (Å²) in [4.78, 5) is 23.4. The van der Waals surface area contributed by atoms with Crippen LogP contribution in [-0.2, 0) is 45.4 Å². The Morgan fingerprint density at radius 2 is 1.02 bits per heavy atom. The number of rotatable bonds is 21. The summed E-state index contributed by atoms with van der Waals surface area (Å²) in [5.74, 6) is 0. The third kappa shape index (κ3) is 16.3. The fraction of sp³-hybridized carbons (Fsp3) is 0.517. The van der Waals surface area contributed by atoms with Crippen molar-refractivity contribution in [2.24, 2.45) is 0 Å². The molecule has 0 saturated carbocycles. The third-order valence-corrected chi connectivity index (χ3v) is 7.10. The molecule has 0 aliphatic heterocycles. The Labute approximate surface area is 237 Å². The number of hydrogen-bond acceptors (Lipinski definition) is 9. The molecule has 0 aromatic heterocycles. The van der Waals surface area contributed by atoms with E-state index in [0.717, 1.165) is 19.3 Å². The van der Waals surface area contributed by atoms with Crippen molar-refractivity contribution in [3.63, 3.8) is 0 Å². The Morgan fingerprint density at radius 1 is 0.625 bits per heavy atom. The molecule has 0 amide bonds. The van der Waals surface area contributed by atoms with Gasteiger partial charge in [-0.15, -0.1) is 0 Å². The largest absolute Gasteiger partial charge is 0.508 e. The highest BCUT2D eigenvalue weighted by Gasteiger charge is 2.23. The van der Waals surface area contributed by atoms with Crippen LogP contribution >= 0.6 is 7.75 Å². The maximum Gasteiger partial charge on any atom is 0.508 e. The van der Waals surface area contributed by atoms with Gasteiger partial charge in [-0.05, 0) is 43.2 Å². The maximum atomic E-state index is 12.9. The van der Waals surface area contributed by atoms with Gasteiger partial charge < -0.3 is 18.9 Å². The first-order valence-electron chi connectivity index (χ1n) is 13.8. The Morgan fingerprint density at radius 3 is 1.43 bits per heavy atom. The SMILES string of the molecule is CCCNP(=O)(OCCCOC(=O)OCCCc1ccccc1)OCCCOC(=O)OCCCc1ccccc1. The quantitative estimate of drug-likeness (QED) is 0.1000. The fourth-order valence-electron chi connectivity index (χ4n) is 3.41. The number of hydrogen-bond donors (Lipinski definition) is 1. The summed E-state index contributed by atoms with van der Waals surface area (Å²) in [5.41, 5.74) is 2.36. The molecule has 1 N–H and O–H groups in total. The van der Waals surface area contributed by atoms with Crippen LogP contribution in [0, 0.1) is 0 Å². The monoisotopic (exact) mass is 579 g/mol. The van der Waals surface area contributed by atoms with Crippen molar-refractivity contribution in [3.8, 4) is 0 Å². The molecule has 0 radical (unpaired) electrons. The lowest BCUT2D eigenvalue weighted by atomic mass is 10.1. The first-order chi connectivity index (χ1) is 19.5. The summed E-state index contributed by atoms with van der Waals surface area (Å²) < 4.78 is 44.0. The van der Waals surface area contributed by atoms with Crippen LogP contribution in [0.15, 0.2) is 60.7 Å². The molecule has 0 aliphatic rings. The fourth-order valence-corrected chi connectivity index (χ4v) is 4.91. The van der Waals surface area contributed by atoms with E-state index in [-0.39, 0.29) is 39.6 Å². The minimum absolute atomic E-state index is 0.0566. The van der Waals surface area contributed by atoms with E-state index in [9.17, 15) is 14.2 Å². The van der Waals surface area contributed by atoms with E-state index >= 15 is 0 Å². The van der Waals surface area contributed by atoms with Crippen molar-refractivity contribution in [2.75, 3.05) is 46.2 Å². The summed E-state index contributed by atoms with van der Waals surface area (Å²) in [6.07, 6.45) is 2.91. The van der Waals surface area contributed by atoms with Crippen LogP contribution in [0.5, 0.6) is 0 Å². The van der Waals surface area contributed by atoms with E-state index in [4.69, 9.17) is 28.0 Å². The molecule has 40 heavy (non-hydrogen) atoms. The Kier molecular flexibility index (Phi) is 17.4. The van der Waals surface area contributed by atoms with Crippen LogP contribution in [0.4, 0.5) is 9.59 Å². The van der Waals surface area contributed by atoms with Crippen LogP contribution in [-0.4, -0.2) is 58.5 Å². The molecule has 0 heterocycles. The number of aryl methyl sites for hydroxylation is 2. The number of ether oxygens (including phenoxy) is 4. The van der Waals surface area contributed by atoms with Gasteiger partial charge in [0.05, 0.1) is 39.6 Å². The molecule has 0 bridgehead atoms. The molecule has 0 atom stereocenters. The number of nitrogens with one attached hydrogen (secondary N) is 1. The zero-order valence-corrected chi connectivity index (χ0v) is 24.2. The second-order valence-electron chi connectivity index (χ2n) is 8.85. The molecule has 0 aliphatic carbocycles. The van der Waals surface area contributed by atoms with Gasteiger partial charge in [-0.2, -0.15) is 0 Å². The van der Waals surface area contributed by atoms with Crippen molar-refractivity contribution < 1.29 is 42.1 Å². The van der Waals surface area contributed by atoms with Crippen LogP contribution in [0.3, 0.4) is 0 Å². The predicted octanol–water partition coefficient (Wildman–Crippen LogP) is 6.48. The van der Waals surface area contributed by atoms with Crippen LogP contribution < -0.4 is 5.09 Å². The Balaban J connectivity index is 1.50. The van der Waals surface area contributed by atoms with Gasteiger partial charge in [-0.25, -0.2) is 19.2 Å². The number of benzene rings is 2. The molecular formula is C29H42NO9P. The van der Waals surface area contributed by atoms with Gasteiger partial charge in [-0.3, -0.25) is 9.05 Å². The zero-order chi connectivity index (χ0) is 28.7. The molecule has 2 rings (SSSR count). The molecule has 2 aromatic carbocycles. The van der Waals surface area contributed by atoms with Crippen molar-refractivity contribution in [1.82, 2.24) is 5.09 Å². The van der Waals surface area contributed by atoms with E-state index in [0.29, 0.717) is 32.2 Å². The van der Waals surface area contributed by atoms with Gasteiger partial charge in [0.15, 0.2) is 0 Å². The smallest absolute Gasteiger partial charge is 0.434 e. The Bertz CT molecular complexity index is 918. The molecule has 0 unspecified atom stereocenters. The molecule has 2 aromatic rings. The van der Waals surface area contributed by atoms with E-state index in [1.165, 1.54) is 11.1 Å². The van der Waals surface area contributed by atoms with E-state index in [1.807, 2.05) is 67.6 Å². The van der Waals surface area contributed by atoms with Crippen molar-refractivity contribution in [2.45, 2.75) is 51.9 Å². The lowest BCUT2D eigenvalue weighted by Crippen LogP contribution is -2.18. The van der Waals surface area contributed by atoms with Crippen LogP contribution in [0.25, 0.3) is 0 Å². The molecule has 0 spiro atoms. The van der Waals surface area contributed by atoms with E-state index in [2.05, 4.69) is 5.09 Å². The lowest BCUT2D eigenvalue weighted by Gasteiger charge is -2.19. The first kappa shape index (κ1) is 33.3. The summed E-state index contributed by atoms with van der Waals surface area (Å²) >= 11 is 0. The summed E-state index contributed by atoms with van der Waals surface area (Å²) in [7, 11) is -3.56. The maximum absolute atomic E-state index is 12.9. The normalized spacial score (nSPS) is 11.1. The first-order valence-corrected chi connectivity index (χ1v) is 15.4. The van der Waals surface area contributed by atoms with Gasteiger partial charge in [-0.1, -0.05) is 67.6 Å². The topological polar surface area (TPSA) is 119 Å². The molecule has 10 nitrogen and oxygen atoms in total. The van der Waals surface area contributed by atoms with Crippen molar-refractivity contribution in [3.05, 3.63) is 71.8 Å². The Hall–Kier alpha value is -2.91. The standard InChI is InChI=1S/C29H42NO9P/c1-2-19-30-40(33,38-24-11-22-36-28(31)34-20-9-17-26-13-5-3-6-14-26)39-25-12-23-37-29(32)35-21-10-18-27-15-7-4-8-16-27/h3-8,13-16H,2,9-12,17-25H2,1H3,(H,30,33). The summed E-state index contributed by atoms with van der Waals surface area (Å²) in [6.45, 7) is 3.14. The number of carbonyl (C=O) groups is 2. The van der Waals surface area contributed by atoms with Gasteiger partial charge in [0.25, 0.3) is 0 Å². The molecule has 222 valence electrons. The van der Waals surface area contributed by atoms with E-state index in [1.54, 1.807) is 0 Å². The number of carbonyl (C=O) groups excluding carboxylic acids is 2. The molecular weight excluding hydrogens is 537 g/mol. The highest BCUT2D eigenvalue weighted by molar-refractivity contribution is 7.51. The summed E-state index contributed by atoms with van der Waals surface area (Å²) in [5, 5.41) is 2.79. The lowest BCUT2D eigenvalue weighted by molar-refractivity contribution is 0.0498. The van der Waals surface area contributed by atoms with Gasteiger partial charge in [0.1, 0.15) is 0 Å². The minimum Gasteiger partial charge on any atom is -0.434 e. The molecule has 11 heteroatoms. The minimum atomic E-state index is -3.56. The third-order valence-electron chi connectivity index (χ3n) is 5.44. The highest BCUT2D eigenvalue weighted by Crippen LogP contribution is 2.43. The van der Waals surface area contributed by atoms with Crippen LogP contribution in [0.2, 0.25) is 0 Å². The van der Waals surface area contributed by atoms with Gasteiger partial charge in [0, 0.05) is 19.4 Å². The molecule has 0 fully saturated rings. The predicted molar refractivity (Wildman–Crippen MR) is 151 cm³/mol. The average molecular weight is 580 g/mol. The zero-order valence-electron chi connectivity index (χ0n) is 23.3. The van der Waals surface area contributed by atoms with Crippen molar-refractivity contribution >= 4 is 20.1 Å². The van der Waals surface area contributed by atoms with Crippen molar-refractivity contribution in [1.29, 1.82) is 0 Å². The summed E-state index contributed by atoms with van der Waals surface area (Å²) in [6, 6.07) is 19.9. The second kappa shape index (κ2) is 20.9. The van der Waals surface area contributed by atoms with Gasteiger partial charge in [0.2, 0.25) is 0 Å². The highest BCUT2D eigenvalue weighted by atomic mass is 31.2. The van der Waals surface area contributed by atoms with E-state index < -0.39 is 20.1 Å². The van der Waals surface area contributed by atoms with Crippen LogP contribution in [0.1, 0.15) is 50.2 Å². The second-order valence-corrected chi connectivity index (χ2v) is 10.7.